The Morgan fingerprint density at radius 3 is 2.30 bits per heavy atom. The highest BCUT2D eigenvalue weighted by molar-refractivity contribution is 6.33. The summed E-state index contributed by atoms with van der Waals surface area (Å²) in [5.74, 6) is -1.60. The van der Waals surface area contributed by atoms with Gasteiger partial charge in [0.2, 0.25) is 0 Å². The number of nitrogens with one attached hydrogen (secondary N) is 1. The number of primary amides is 1. The number of nitrogens with zero attached hydrogens (tertiary/aromatic N) is 3. The lowest BCUT2D eigenvalue weighted by Gasteiger charge is -2.14. The highest BCUT2D eigenvalue weighted by Gasteiger charge is 2.31. The molecule has 11 heteroatoms. The Labute approximate surface area is 190 Å². The van der Waals surface area contributed by atoms with Gasteiger partial charge in [0.25, 0.3) is 11.8 Å². The molecule has 2 aromatic carbocycles. The Morgan fingerprint density at radius 2 is 1.73 bits per heavy atom. The second kappa shape index (κ2) is 8.21. The lowest BCUT2D eigenvalue weighted by Crippen LogP contribution is -2.23. The minimum atomic E-state index is -4.52. The maximum Gasteiger partial charge on any atom is 0.416 e. The van der Waals surface area contributed by atoms with Crippen molar-refractivity contribution >= 4 is 29.1 Å². The number of nitrogens with two attached hydrogens (primary N) is 1. The molecule has 3 N–H and O–H groups in total. The number of benzene rings is 2. The van der Waals surface area contributed by atoms with Crippen LogP contribution >= 0.6 is 11.6 Å². The van der Waals surface area contributed by atoms with Crippen LogP contribution in [0.5, 0.6) is 0 Å². The van der Waals surface area contributed by atoms with Crippen LogP contribution in [0.2, 0.25) is 5.02 Å². The predicted molar refractivity (Wildman–Crippen MR) is 116 cm³/mol. The van der Waals surface area contributed by atoms with Gasteiger partial charge >= 0.3 is 6.18 Å². The molecule has 0 bridgehead atoms. The number of halogens is 4. The van der Waals surface area contributed by atoms with E-state index in [9.17, 15) is 22.8 Å². The van der Waals surface area contributed by atoms with Gasteiger partial charge in [-0.15, -0.1) is 0 Å². The van der Waals surface area contributed by atoms with Gasteiger partial charge in [-0.3, -0.25) is 9.59 Å². The van der Waals surface area contributed by atoms with Crippen LogP contribution in [0.1, 0.15) is 26.4 Å². The Kier molecular flexibility index (Phi) is 5.54. The largest absolute Gasteiger partial charge is 0.416 e. The molecule has 0 spiro atoms. The average molecular weight is 474 g/mol. The van der Waals surface area contributed by atoms with E-state index in [0.717, 1.165) is 12.1 Å². The Morgan fingerprint density at radius 1 is 1.06 bits per heavy atom. The van der Waals surface area contributed by atoms with E-state index >= 15 is 0 Å². The Hall–Kier alpha value is -3.92. The van der Waals surface area contributed by atoms with Crippen LogP contribution in [0.25, 0.3) is 28.0 Å². The molecule has 0 unspecified atom stereocenters. The van der Waals surface area contributed by atoms with E-state index in [2.05, 4.69) is 15.4 Å². The quantitative estimate of drug-likeness (QED) is 0.464. The van der Waals surface area contributed by atoms with Gasteiger partial charge in [-0.05, 0) is 18.2 Å². The fourth-order valence-corrected chi connectivity index (χ4v) is 3.70. The number of fused-ring (bicyclic) bond motifs is 1. The normalized spacial score (nSPS) is 11.5. The van der Waals surface area contributed by atoms with Crippen LogP contribution in [0, 0.1) is 0 Å². The molecule has 4 rings (SSSR count). The van der Waals surface area contributed by atoms with Crippen molar-refractivity contribution in [1.29, 1.82) is 0 Å². The lowest BCUT2D eigenvalue weighted by molar-refractivity contribution is -0.137. The van der Waals surface area contributed by atoms with E-state index in [1.807, 2.05) is 0 Å². The van der Waals surface area contributed by atoms with Crippen LogP contribution in [0.3, 0.4) is 0 Å². The van der Waals surface area contributed by atoms with E-state index in [0.29, 0.717) is 21.7 Å². The minimum absolute atomic E-state index is 0.0215. The summed E-state index contributed by atoms with van der Waals surface area (Å²) >= 11 is 6.37. The van der Waals surface area contributed by atoms with Gasteiger partial charge in [-0.2, -0.15) is 18.3 Å². The van der Waals surface area contributed by atoms with Crippen LogP contribution in [-0.2, 0) is 6.18 Å². The molecule has 0 saturated carbocycles. The smallest absolute Gasteiger partial charge is 0.365 e. The number of alkyl halides is 3. The molecule has 0 radical (unpaired) electrons. The zero-order valence-corrected chi connectivity index (χ0v) is 17.7. The molecule has 2 aromatic heterocycles. The highest BCUT2D eigenvalue weighted by Crippen LogP contribution is 2.38. The molecular formula is C22H15ClF3N5O2. The van der Waals surface area contributed by atoms with E-state index in [4.69, 9.17) is 17.3 Å². The monoisotopic (exact) mass is 473 g/mol. The number of carbonyl (C=O) groups is 2. The number of aromatic nitrogens is 3. The SMILES string of the molecule is CNC(=O)c1nn2c(-c3ccc(C(F)(F)F)cc3)c(-c3ccccc3Cl)cnc2c1C(N)=O. The molecule has 4 aromatic rings. The van der Waals surface area contributed by atoms with Gasteiger partial charge < -0.3 is 11.1 Å². The zero-order chi connectivity index (χ0) is 23.9. The van der Waals surface area contributed by atoms with Gasteiger partial charge in [0.15, 0.2) is 11.3 Å². The summed E-state index contributed by atoms with van der Waals surface area (Å²) in [5, 5.41) is 6.99. The van der Waals surface area contributed by atoms with Gasteiger partial charge in [0.05, 0.1) is 11.3 Å². The van der Waals surface area contributed by atoms with Crippen LogP contribution in [-0.4, -0.2) is 33.5 Å². The standard InChI is InChI=1S/C22H15ClF3N5O2/c1-28-21(33)17-16(19(27)32)20-29-10-14(13-4-2-3-5-15(13)23)18(31(20)30-17)11-6-8-12(9-7-11)22(24,25)26/h2-10H,1H3,(H2,27,32)(H,28,33). The average Bonchev–Trinajstić information content (AvgIpc) is 3.18. The highest BCUT2D eigenvalue weighted by atomic mass is 35.5. The molecule has 0 aliphatic rings. The van der Waals surface area contributed by atoms with Crippen LogP contribution < -0.4 is 11.1 Å². The molecule has 0 saturated heterocycles. The number of hydrogen-bond acceptors (Lipinski definition) is 4. The number of hydrogen-bond donors (Lipinski definition) is 2. The van der Waals surface area contributed by atoms with E-state index in [1.54, 1.807) is 24.3 Å². The zero-order valence-electron chi connectivity index (χ0n) is 16.9. The molecule has 2 heterocycles. The third-order valence-electron chi connectivity index (χ3n) is 4.98. The first-order valence-corrected chi connectivity index (χ1v) is 9.87. The van der Waals surface area contributed by atoms with Crippen molar-refractivity contribution in [2.45, 2.75) is 6.18 Å². The van der Waals surface area contributed by atoms with E-state index < -0.39 is 23.6 Å². The Bertz CT molecular complexity index is 1400. The first kappa shape index (κ1) is 22.3. The van der Waals surface area contributed by atoms with E-state index in [1.165, 1.54) is 29.9 Å². The molecular weight excluding hydrogens is 459 g/mol. The summed E-state index contributed by atoms with van der Waals surface area (Å²) < 4.78 is 40.5. The molecule has 7 nitrogen and oxygen atoms in total. The van der Waals surface area contributed by atoms with Crippen LogP contribution in [0.4, 0.5) is 13.2 Å². The summed E-state index contributed by atoms with van der Waals surface area (Å²) in [6, 6.07) is 11.2. The number of amides is 2. The van der Waals surface area contributed by atoms with Gasteiger partial charge in [0, 0.05) is 35.0 Å². The molecule has 0 fully saturated rings. The van der Waals surface area contributed by atoms with Crippen molar-refractivity contribution in [3.8, 4) is 22.4 Å². The van der Waals surface area contributed by atoms with Gasteiger partial charge in [0.1, 0.15) is 5.56 Å². The summed E-state index contributed by atoms with van der Waals surface area (Å²) in [5.41, 5.74) is 5.72. The van der Waals surface area contributed by atoms with Crippen molar-refractivity contribution in [2.75, 3.05) is 7.05 Å². The third-order valence-corrected chi connectivity index (χ3v) is 5.31. The van der Waals surface area contributed by atoms with Crippen LogP contribution in [0.15, 0.2) is 54.7 Å². The van der Waals surface area contributed by atoms with Crippen molar-refractivity contribution in [3.63, 3.8) is 0 Å². The summed E-state index contributed by atoms with van der Waals surface area (Å²) in [7, 11) is 1.36. The molecule has 0 atom stereocenters. The van der Waals surface area contributed by atoms with Gasteiger partial charge in [-0.1, -0.05) is 41.9 Å². The number of carbonyl (C=O) groups excluding carboxylic acids is 2. The number of rotatable bonds is 4. The molecule has 2 amide bonds. The predicted octanol–water partition coefficient (Wildman–Crippen LogP) is 4.19. The molecule has 0 aliphatic heterocycles. The summed E-state index contributed by atoms with van der Waals surface area (Å²) in [4.78, 5) is 28.8. The molecule has 33 heavy (non-hydrogen) atoms. The second-order valence-electron chi connectivity index (χ2n) is 6.98. The molecule has 0 aliphatic carbocycles. The fraction of sp³-hybridized carbons (Fsp3) is 0.0909. The maximum absolute atomic E-state index is 13.1. The summed E-state index contributed by atoms with van der Waals surface area (Å²) in [6.45, 7) is 0. The Balaban J connectivity index is 2.10. The third kappa shape index (κ3) is 3.89. The topological polar surface area (TPSA) is 102 Å². The fourth-order valence-electron chi connectivity index (χ4n) is 3.46. The van der Waals surface area contributed by atoms with Crippen molar-refractivity contribution in [1.82, 2.24) is 19.9 Å². The van der Waals surface area contributed by atoms with E-state index in [-0.39, 0.29) is 22.6 Å². The molecule has 168 valence electrons. The first-order valence-electron chi connectivity index (χ1n) is 9.49. The summed E-state index contributed by atoms with van der Waals surface area (Å²) in [6.07, 6.45) is -3.11. The van der Waals surface area contributed by atoms with Crippen molar-refractivity contribution in [3.05, 3.63) is 76.6 Å². The lowest BCUT2D eigenvalue weighted by atomic mass is 9.99. The minimum Gasteiger partial charge on any atom is -0.365 e. The van der Waals surface area contributed by atoms with Crippen molar-refractivity contribution in [2.24, 2.45) is 5.73 Å². The maximum atomic E-state index is 13.1. The van der Waals surface area contributed by atoms with Crippen molar-refractivity contribution < 1.29 is 22.8 Å². The first-order chi connectivity index (χ1) is 15.6. The second-order valence-corrected chi connectivity index (χ2v) is 7.39. The van der Waals surface area contributed by atoms with Gasteiger partial charge in [-0.25, -0.2) is 9.50 Å².